The Labute approximate surface area is 80.8 Å². The van der Waals surface area contributed by atoms with Crippen molar-refractivity contribution in [3.05, 3.63) is 0 Å². The van der Waals surface area contributed by atoms with Gasteiger partial charge in [0.15, 0.2) is 0 Å². The molecule has 0 aliphatic heterocycles. The van der Waals surface area contributed by atoms with E-state index in [-0.39, 0.29) is 6.09 Å². The molecule has 0 fully saturated rings. The third-order valence-corrected chi connectivity index (χ3v) is 1.92. The number of unbranched alkanes of at least 4 members (excludes halogenated alkanes) is 1. The summed E-state index contributed by atoms with van der Waals surface area (Å²) in [5.41, 5.74) is 0. The molecular formula is C10H21NO2. The van der Waals surface area contributed by atoms with Gasteiger partial charge in [0, 0.05) is 6.54 Å². The quantitative estimate of drug-likeness (QED) is 0.694. The Bertz CT molecular complexity index is 137. The third-order valence-electron chi connectivity index (χ3n) is 1.92. The largest absolute Gasteiger partial charge is 0.450 e. The predicted molar refractivity (Wildman–Crippen MR) is 53.7 cm³/mol. The molecule has 0 saturated heterocycles. The lowest BCUT2D eigenvalue weighted by Gasteiger charge is -2.11. The third kappa shape index (κ3) is 7.62. The molecule has 0 aromatic heterocycles. The van der Waals surface area contributed by atoms with Crippen LogP contribution in [0.3, 0.4) is 0 Å². The maximum absolute atomic E-state index is 10.9. The second-order valence-corrected chi connectivity index (χ2v) is 3.35. The van der Waals surface area contributed by atoms with Crippen LogP contribution in [0.2, 0.25) is 0 Å². The maximum atomic E-state index is 10.9. The highest BCUT2D eigenvalue weighted by molar-refractivity contribution is 5.66. The lowest BCUT2D eigenvalue weighted by molar-refractivity contribution is 0.150. The highest BCUT2D eigenvalue weighted by Crippen LogP contribution is 2.05. The number of nitrogens with one attached hydrogen (secondary N) is 1. The van der Waals surface area contributed by atoms with E-state index in [0.717, 1.165) is 6.54 Å². The number of alkyl carbamates (subject to hydrolysis) is 1. The summed E-state index contributed by atoms with van der Waals surface area (Å²) in [7, 11) is 0. The first-order valence-corrected chi connectivity index (χ1v) is 5.11. The molecule has 0 spiro atoms. The van der Waals surface area contributed by atoms with Crippen molar-refractivity contribution >= 4 is 6.09 Å². The topological polar surface area (TPSA) is 38.3 Å². The Morgan fingerprint density at radius 1 is 1.46 bits per heavy atom. The molecule has 1 atom stereocenters. The van der Waals surface area contributed by atoms with Crippen LogP contribution >= 0.6 is 0 Å². The van der Waals surface area contributed by atoms with E-state index in [1.54, 1.807) is 6.92 Å². The fourth-order valence-corrected chi connectivity index (χ4v) is 1.09. The van der Waals surface area contributed by atoms with E-state index in [1.807, 2.05) is 0 Å². The van der Waals surface area contributed by atoms with Crippen LogP contribution in [-0.2, 0) is 4.74 Å². The van der Waals surface area contributed by atoms with Crippen LogP contribution in [-0.4, -0.2) is 19.2 Å². The number of hydrogen-bond donors (Lipinski definition) is 1. The summed E-state index contributed by atoms with van der Waals surface area (Å²) >= 11 is 0. The number of amides is 1. The second-order valence-electron chi connectivity index (χ2n) is 3.35. The summed E-state index contributed by atoms with van der Waals surface area (Å²) in [6.45, 7) is 7.28. The molecule has 0 rings (SSSR count). The van der Waals surface area contributed by atoms with Crippen LogP contribution in [0.5, 0.6) is 0 Å². The number of carbonyl (C=O) groups excluding carboxylic acids is 1. The lowest BCUT2D eigenvalue weighted by Crippen LogP contribution is -2.28. The molecule has 1 amide bonds. The summed E-state index contributed by atoms with van der Waals surface area (Å²) in [5, 5.41) is 2.73. The predicted octanol–water partition coefficient (Wildman–Crippen LogP) is 2.56. The van der Waals surface area contributed by atoms with Crippen LogP contribution in [0.25, 0.3) is 0 Å². The van der Waals surface area contributed by atoms with Crippen molar-refractivity contribution in [3.8, 4) is 0 Å². The van der Waals surface area contributed by atoms with E-state index in [9.17, 15) is 4.79 Å². The van der Waals surface area contributed by atoms with Gasteiger partial charge in [-0.1, -0.05) is 26.7 Å². The van der Waals surface area contributed by atoms with Crippen LogP contribution in [0.15, 0.2) is 0 Å². The van der Waals surface area contributed by atoms with Gasteiger partial charge in [-0.15, -0.1) is 0 Å². The van der Waals surface area contributed by atoms with E-state index in [0.29, 0.717) is 12.5 Å². The molecule has 0 heterocycles. The van der Waals surface area contributed by atoms with Gasteiger partial charge in [-0.2, -0.15) is 0 Å². The zero-order valence-corrected chi connectivity index (χ0v) is 8.93. The molecule has 0 saturated carbocycles. The summed E-state index contributed by atoms with van der Waals surface area (Å²) in [5.74, 6) is 0.546. The Morgan fingerprint density at radius 3 is 2.69 bits per heavy atom. The van der Waals surface area contributed by atoms with Crippen molar-refractivity contribution in [2.75, 3.05) is 13.2 Å². The smallest absolute Gasteiger partial charge is 0.407 e. The normalized spacial score (nSPS) is 12.2. The minimum absolute atomic E-state index is 0.300. The second kappa shape index (κ2) is 7.90. The Balaban J connectivity index is 3.34. The highest BCUT2D eigenvalue weighted by Gasteiger charge is 2.04. The maximum Gasteiger partial charge on any atom is 0.407 e. The van der Waals surface area contributed by atoms with Gasteiger partial charge in [0.25, 0.3) is 0 Å². The Kier molecular flexibility index (Phi) is 7.45. The summed E-state index contributed by atoms with van der Waals surface area (Å²) < 4.78 is 4.75. The molecule has 78 valence electrons. The summed E-state index contributed by atoms with van der Waals surface area (Å²) in [6, 6.07) is 0. The average Bonchev–Trinajstić information content (AvgIpc) is 2.12. The first-order valence-electron chi connectivity index (χ1n) is 5.11. The van der Waals surface area contributed by atoms with Crippen LogP contribution in [0, 0.1) is 5.92 Å². The molecule has 0 aromatic rings. The van der Waals surface area contributed by atoms with Crippen LogP contribution in [0.4, 0.5) is 4.79 Å². The van der Waals surface area contributed by atoms with E-state index >= 15 is 0 Å². The molecule has 13 heavy (non-hydrogen) atoms. The van der Waals surface area contributed by atoms with Crippen molar-refractivity contribution in [1.29, 1.82) is 0 Å². The monoisotopic (exact) mass is 187 g/mol. The van der Waals surface area contributed by atoms with E-state index < -0.39 is 0 Å². The van der Waals surface area contributed by atoms with E-state index in [4.69, 9.17) is 4.74 Å². The van der Waals surface area contributed by atoms with Gasteiger partial charge in [0.1, 0.15) is 0 Å². The lowest BCUT2D eigenvalue weighted by atomic mass is 10.1. The van der Waals surface area contributed by atoms with Gasteiger partial charge < -0.3 is 10.1 Å². The highest BCUT2D eigenvalue weighted by atomic mass is 16.5. The number of ether oxygens (including phenoxy) is 1. The van der Waals surface area contributed by atoms with Gasteiger partial charge in [0.05, 0.1) is 6.61 Å². The fraction of sp³-hybridized carbons (Fsp3) is 0.900. The molecule has 0 bridgehead atoms. The molecule has 3 nitrogen and oxygen atoms in total. The van der Waals surface area contributed by atoms with Crippen molar-refractivity contribution < 1.29 is 9.53 Å². The molecule has 3 heteroatoms. The van der Waals surface area contributed by atoms with Crippen molar-refractivity contribution in [2.24, 2.45) is 5.92 Å². The Morgan fingerprint density at radius 2 is 2.15 bits per heavy atom. The first kappa shape index (κ1) is 12.3. The molecular weight excluding hydrogens is 166 g/mol. The number of hydrogen-bond acceptors (Lipinski definition) is 2. The molecule has 0 aromatic carbocycles. The fourth-order valence-electron chi connectivity index (χ4n) is 1.09. The van der Waals surface area contributed by atoms with Gasteiger partial charge in [-0.3, -0.25) is 0 Å². The minimum atomic E-state index is -0.300. The first-order chi connectivity index (χ1) is 6.20. The molecule has 1 N–H and O–H groups in total. The van der Waals surface area contributed by atoms with Crippen molar-refractivity contribution in [3.63, 3.8) is 0 Å². The zero-order valence-electron chi connectivity index (χ0n) is 8.93. The van der Waals surface area contributed by atoms with Crippen LogP contribution in [0.1, 0.15) is 40.0 Å². The standard InChI is InChI=1S/C10H21NO2/c1-4-6-7-9(3)8-11-10(12)13-5-2/h9H,4-8H2,1-3H3,(H,11,12). The van der Waals surface area contributed by atoms with Crippen molar-refractivity contribution in [2.45, 2.75) is 40.0 Å². The number of rotatable bonds is 6. The molecule has 1 unspecified atom stereocenters. The molecule has 0 radical (unpaired) electrons. The Hall–Kier alpha value is -0.730. The van der Waals surface area contributed by atoms with Gasteiger partial charge in [-0.05, 0) is 19.3 Å². The summed E-state index contributed by atoms with van der Waals surface area (Å²) in [6.07, 6.45) is 3.31. The van der Waals surface area contributed by atoms with Gasteiger partial charge in [-0.25, -0.2) is 4.79 Å². The van der Waals surface area contributed by atoms with Gasteiger partial charge >= 0.3 is 6.09 Å². The minimum Gasteiger partial charge on any atom is -0.450 e. The molecule has 0 aliphatic rings. The van der Waals surface area contributed by atoms with Crippen molar-refractivity contribution in [1.82, 2.24) is 5.32 Å². The van der Waals surface area contributed by atoms with Crippen LogP contribution < -0.4 is 5.32 Å². The zero-order chi connectivity index (χ0) is 10.1. The SMILES string of the molecule is CCCCC(C)CNC(=O)OCC. The van der Waals surface area contributed by atoms with E-state index in [2.05, 4.69) is 19.2 Å². The number of carbonyl (C=O) groups is 1. The van der Waals surface area contributed by atoms with E-state index in [1.165, 1.54) is 19.3 Å². The average molecular weight is 187 g/mol. The molecule has 0 aliphatic carbocycles. The van der Waals surface area contributed by atoms with Gasteiger partial charge in [0.2, 0.25) is 0 Å². The summed E-state index contributed by atoms with van der Waals surface area (Å²) in [4.78, 5) is 10.9.